The first-order chi connectivity index (χ1) is 10.4. The number of hydrogen-bond acceptors (Lipinski definition) is 4. The van der Waals surface area contributed by atoms with Crippen molar-refractivity contribution in [1.29, 1.82) is 0 Å². The van der Waals surface area contributed by atoms with Crippen molar-refractivity contribution in [3.05, 3.63) is 35.4 Å². The molecule has 1 heterocycles. The smallest absolute Gasteiger partial charge is 0.239 e. The third kappa shape index (κ3) is 4.53. The van der Waals surface area contributed by atoms with E-state index >= 15 is 0 Å². The van der Waals surface area contributed by atoms with Gasteiger partial charge in [-0.15, -0.1) is 0 Å². The topological polar surface area (TPSA) is 67.6 Å². The van der Waals surface area contributed by atoms with Crippen molar-refractivity contribution < 1.29 is 9.53 Å². The molecule has 0 aliphatic carbocycles. The minimum absolute atomic E-state index is 0.126. The molecule has 0 radical (unpaired) electrons. The quantitative estimate of drug-likeness (QED) is 0.858. The SMILES string of the molecule is Cc1cccc(C(CNC(=O)C(C)(C)N)N2CCOCC2)c1. The Morgan fingerprint density at radius 1 is 1.41 bits per heavy atom. The van der Waals surface area contributed by atoms with Crippen LogP contribution in [0.3, 0.4) is 0 Å². The molecule has 0 aromatic heterocycles. The van der Waals surface area contributed by atoms with Gasteiger partial charge in [-0.25, -0.2) is 0 Å². The van der Waals surface area contributed by atoms with E-state index in [4.69, 9.17) is 10.5 Å². The van der Waals surface area contributed by atoms with E-state index in [1.54, 1.807) is 13.8 Å². The number of ether oxygens (including phenoxy) is 1. The van der Waals surface area contributed by atoms with Crippen LogP contribution < -0.4 is 11.1 Å². The Bertz CT molecular complexity index is 505. The number of amides is 1. The van der Waals surface area contributed by atoms with Gasteiger partial charge in [-0.2, -0.15) is 0 Å². The summed E-state index contributed by atoms with van der Waals surface area (Å²) in [6.45, 7) is 9.31. The summed E-state index contributed by atoms with van der Waals surface area (Å²) in [6.07, 6.45) is 0. The summed E-state index contributed by atoms with van der Waals surface area (Å²) in [5, 5.41) is 2.99. The Kier molecular flexibility index (Phi) is 5.56. The summed E-state index contributed by atoms with van der Waals surface area (Å²) < 4.78 is 5.44. The van der Waals surface area contributed by atoms with Crippen molar-refractivity contribution in [2.24, 2.45) is 5.73 Å². The first-order valence-corrected chi connectivity index (χ1v) is 7.83. The third-order valence-corrected chi connectivity index (χ3v) is 3.95. The molecule has 3 N–H and O–H groups in total. The first kappa shape index (κ1) is 16.9. The van der Waals surface area contributed by atoms with E-state index in [2.05, 4.69) is 41.4 Å². The van der Waals surface area contributed by atoms with Gasteiger partial charge in [-0.3, -0.25) is 9.69 Å². The van der Waals surface area contributed by atoms with E-state index in [0.29, 0.717) is 6.54 Å². The number of carbonyl (C=O) groups excluding carboxylic acids is 1. The second kappa shape index (κ2) is 7.22. The highest BCUT2D eigenvalue weighted by atomic mass is 16.5. The van der Waals surface area contributed by atoms with E-state index in [9.17, 15) is 4.79 Å². The molecule has 22 heavy (non-hydrogen) atoms. The maximum atomic E-state index is 12.1. The van der Waals surface area contributed by atoms with Crippen LogP contribution in [-0.4, -0.2) is 49.2 Å². The normalized spacial score (nSPS) is 18.0. The summed E-state index contributed by atoms with van der Waals surface area (Å²) in [4.78, 5) is 14.4. The Balaban J connectivity index is 2.13. The number of rotatable bonds is 5. The molecule has 2 rings (SSSR count). The van der Waals surface area contributed by atoms with E-state index in [0.717, 1.165) is 26.3 Å². The molecule has 1 saturated heterocycles. The van der Waals surface area contributed by atoms with Gasteiger partial charge in [-0.05, 0) is 26.3 Å². The van der Waals surface area contributed by atoms with Crippen LogP contribution >= 0.6 is 0 Å². The zero-order valence-corrected chi connectivity index (χ0v) is 13.8. The molecule has 1 aromatic carbocycles. The lowest BCUT2D eigenvalue weighted by molar-refractivity contribution is -0.125. The fourth-order valence-corrected chi connectivity index (χ4v) is 2.64. The van der Waals surface area contributed by atoms with Gasteiger partial charge in [0.15, 0.2) is 0 Å². The number of carbonyl (C=O) groups is 1. The van der Waals surface area contributed by atoms with E-state index in [-0.39, 0.29) is 11.9 Å². The highest BCUT2D eigenvalue weighted by Crippen LogP contribution is 2.22. The van der Waals surface area contributed by atoms with E-state index in [1.165, 1.54) is 11.1 Å². The molecule has 1 amide bonds. The molecular formula is C17H27N3O2. The van der Waals surface area contributed by atoms with Gasteiger partial charge in [0.2, 0.25) is 5.91 Å². The highest BCUT2D eigenvalue weighted by molar-refractivity contribution is 5.85. The summed E-state index contributed by atoms with van der Waals surface area (Å²) in [6, 6.07) is 8.59. The zero-order chi connectivity index (χ0) is 16.2. The number of benzene rings is 1. The van der Waals surface area contributed by atoms with Crippen LogP contribution in [0, 0.1) is 6.92 Å². The van der Waals surface area contributed by atoms with Crippen molar-refractivity contribution in [3.63, 3.8) is 0 Å². The number of aryl methyl sites for hydroxylation is 1. The lowest BCUT2D eigenvalue weighted by Crippen LogP contribution is -2.51. The van der Waals surface area contributed by atoms with Gasteiger partial charge in [0.25, 0.3) is 0 Å². The van der Waals surface area contributed by atoms with Crippen LogP contribution in [-0.2, 0) is 9.53 Å². The summed E-state index contributed by atoms with van der Waals surface area (Å²) in [5.74, 6) is -0.126. The van der Waals surface area contributed by atoms with Crippen molar-refractivity contribution in [2.75, 3.05) is 32.8 Å². The van der Waals surface area contributed by atoms with Crippen LogP contribution in [0.25, 0.3) is 0 Å². The van der Waals surface area contributed by atoms with Gasteiger partial charge in [0, 0.05) is 19.6 Å². The van der Waals surface area contributed by atoms with Gasteiger partial charge in [-0.1, -0.05) is 29.8 Å². The molecule has 1 aliphatic heterocycles. The summed E-state index contributed by atoms with van der Waals surface area (Å²) in [7, 11) is 0. The molecule has 0 saturated carbocycles. The van der Waals surface area contributed by atoms with Crippen LogP contribution in [0.2, 0.25) is 0 Å². The van der Waals surface area contributed by atoms with Gasteiger partial charge in [0.05, 0.1) is 24.8 Å². The maximum absolute atomic E-state index is 12.1. The number of nitrogens with two attached hydrogens (primary N) is 1. The molecule has 0 bridgehead atoms. The molecule has 1 aliphatic rings. The molecule has 5 nitrogen and oxygen atoms in total. The Morgan fingerprint density at radius 2 is 2.09 bits per heavy atom. The zero-order valence-electron chi connectivity index (χ0n) is 13.8. The van der Waals surface area contributed by atoms with Crippen LogP contribution in [0.4, 0.5) is 0 Å². The first-order valence-electron chi connectivity index (χ1n) is 7.83. The van der Waals surface area contributed by atoms with Crippen LogP contribution in [0.15, 0.2) is 24.3 Å². The van der Waals surface area contributed by atoms with Crippen molar-refractivity contribution in [3.8, 4) is 0 Å². The minimum atomic E-state index is -0.859. The third-order valence-electron chi connectivity index (χ3n) is 3.95. The number of morpholine rings is 1. The fraction of sp³-hybridized carbons (Fsp3) is 0.588. The average Bonchev–Trinajstić information content (AvgIpc) is 2.47. The van der Waals surface area contributed by atoms with Crippen molar-refractivity contribution >= 4 is 5.91 Å². The maximum Gasteiger partial charge on any atom is 0.239 e. The van der Waals surface area contributed by atoms with Gasteiger partial charge in [0.1, 0.15) is 0 Å². The lowest BCUT2D eigenvalue weighted by atomic mass is 10.0. The molecule has 0 spiro atoms. The standard InChI is InChI=1S/C17H27N3O2/c1-13-5-4-6-14(11-13)15(20-7-9-22-10-8-20)12-19-16(21)17(2,3)18/h4-6,11,15H,7-10,12,18H2,1-3H3,(H,19,21). The van der Waals surface area contributed by atoms with Crippen molar-refractivity contribution in [1.82, 2.24) is 10.2 Å². The lowest BCUT2D eigenvalue weighted by Gasteiger charge is -2.35. The summed E-state index contributed by atoms with van der Waals surface area (Å²) >= 11 is 0. The number of nitrogens with one attached hydrogen (secondary N) is 1. The Morgan fingerprint density at radius 3 is 2.68 bits per heavy atom. The molecule has 1 fully saturated rings. The molecule has 122 valence electrons. The molecule has 1 unspecified atom stereocenters. The predicted octanol–water partition coefficient (Wildman–Crippen LogP) is 1.22. The van der Waals surface area contributed by atoms with E-state index < -0.39 is 5.54 Å². The molecule has 1 atom stereocenters. The monoisotopic (exact) mass is 305 g/mol. The second-order valence-corrected chi connectivity index (χ2v) is 6.51. The van der Waals surface area contributed by atoms with E-state index in [1.807, 2.05) is 0 Å². The second-order valence-electron chi connectivity index (χ2n) is 6.51. The number of hydrogen-bond donors (Lipinski definition) is 2. The number of nitrogens with zero attached hydrogens (tertiary/aromatic N) is 1. The molecule has 5 heteroatoms. The van der Waals surface area contributed by atoms with Crippen molar-refractivity contribution in [2.45, 2.75) is 32.4 Å². The van der Waals surface area contributed by atoms with Crippen LogP contribution in [0.5, 0.6) is 0 Å². The largest absolute Gasteiger partial charge is 0.379 e. The fourth-order valence-electron chi connectivity index (χ4n) is 2.64. The molecule has 1 aromatic rings. The summed E-state index contributed by atoms with van der Waals surface area (Å²) in [5.41, 5.74) is 7.44. The minimum Gasteiger partial charge on any atom is -0.379 e. The Labute approximate surface area is 132 Å². The molecular weight excluding hydrogens is 278 g/mol. The Hall–Kier alpha value is -1.43. The highest BCUT2D eigenvalue weighted by Gasteiger charge is 2.26. The van der Waals surface area contributed by atoms with Crippen LogP contribution in [0.1, 0.15) is 31.0 Å². The predicted molar refractivity (Wildman–Crippen MR) is 87.6 cm³/mol. The average molecular weight is 305 g/mol. The van der Waals surface area contributed by atoms with Gasteiger partial charge >= 0.3 is 0 Å². The van der Waals surface area contributed by atoms with Gasteiger partial charge < -0.3 is 15.8 Å².